The van der Waals surface area contributed by atoms with Crippen LogP contribution in [0.2, 0.25) is 0 Å². The lowest BCUT2D eigenvalue weighted by molar-refractivity contribution is 0.0651. The summed E-state index contributed by atoms with van der Waals surface area (Å²) < 4.78 is 10.6. The maximum atomic E-state index is 10.9. The normalized spacial score (nSPS) is 18.0. The summed E-state index contributed by atoms with van der Waals surface area (Å²) in [4.78, 5) is 15.1. The second kappa shape index (κ2) is 3.77. The van der Waals surface area contributed by atoms with Gasteiger partial charge >= 0.3 is 5.97 Å². The van der Waals surface area contributed by atoms with Crippen molar-refractivity contribution in [3.63, 3.8) is 0 Å². The van der Waals surface area contributed by atoms with Gasteiger partial charge in [0.1, 0.15) is 12.0 Å². The Hall–Kier alpha value is -2.02. The molecule has 0 radical (unpaired) electrons. The van der Waals surface area contributed by atoms with E-state index in [0.29, 0.717) is 12.2 Å². The topological polar surface area (TPSA) is 84.6 Å². The van der Waals surface area contributed by atoms with Gasteiger partial charge in [-0.25, -0.2) is 9.78 Å². The Morgan fingerprint density at radius 3 is 3.24 bits per heavy atom. The molecule has 0 fully saturated rings. The number of hydrogen-bond acceptors (Lipinski definition) is 6. The maximum Gasteiger partial charge on any atom is 0.375 e. The Kier molecular flexibility index (Phi) is 2.25. The fourth-order valence-electron chi connectivity index (χ4n) is 1.67. The van der Waals surface area contributed by atoms with E-state index in [1.807, 2.05) is 5.38 Å². The van der Waals surface area contributed by atoms with Gasteiger partial charge in [0.15, 0.2) is 11.9 Å². The minimum atomic E-state index is -1.15. The number of aromatic nitrogens is 1. The molecule has 0 bridgehead atoms. The molecule has 3 rings (SSSR count). The predicted molar refractivity (Wildman–Crippen MR) is 59.6 cm³/mol. The van der Waals surface area contributed by atoms with Gasteiger partial charge in [0.2, 0.25) is 0 Å². The summed E-state index contributed by atoms with van der Waals surface area (Å²) in [6, 6.07) is 0. The number of anilines is 1. The van der Waals surface area contributed by atoms with Crippen molar-refractivity contribution in [2.45, 2.75) is 6.10 Å². The van der Waals surface area contributed by atoms with E-state index in [-0.39, 0.29) is 17.6 Å². The molecule has 88 valence electrons. The third-order valence-corrected chi connectivity index (χ3v) is 3.06. The van der Waals surface area contributed by atoms with Crippen LogP contribution >= 0.6 is 11.3 Å². The van der Waals surface area contributed by atoms with E-state index in [2.05, 4.69) is 10.3 Å². The highest BCUT2D eigenvalue weighted by Crippen LogP contribution is 2.38. The van der Waals surface area contributed by atoms with E-state index in [1.165, 1.54) is 17.6 Å². The molecule has 0 saturated heterocycles. The van der Waals surface area contributed by atoms with Crippen LogP contribution in [-0.4, -0.2) is 22.6 Å². The average Bonchev–Trinajstić information content (AvgIpc) is 2.97. The van der Waals surface area contributed by atoms with Crippen LogP contribution in [0.5, 0.6) is 5.75 Å². The number of aromatic carboxylic acids is 1. The number of ether oxygens (including phenoxy) is 1. The summed E-state index contributed by atoms with van der Waals surface area (Å²) in [6.07, 6.45) is 1.06. The Balaban J connectivity index is 1.94. The monoisotopic (exact) mass is 252 g/mol. The Bertz CT molecular complexity index is 549. The Morgan fingerprint density at radius 1 is 1.65 bits per heavy atom. The maximum absolute atomic E-state index is 10.9. The molecular formula is C10H8N2O4S. The van der Waals surface area contributed by atoms with Crippen molar-refractivity contribution in [1.82, 2.24) is 4.98 Å². The first-order valence-electron chi connectivity index (χ1n) is 4.89. The van der Waals surface area contributed by atoms with Gasteiger partial charge in [-0.15, -0.1) is 11.3 Å². The molecule has 17 heavy (non-hydrogen) atoms. The standard InChI is InChI=1S/C10H8N2O4S/c13-10(14)9-8-5(2-15-9)11-1-7(16-8)6-3-17-4-12-6/h2-4,7,11H,1H2,(H,13,14). The summed E-state index contributed by atoms with van der Waals surface area (Å²) in [5, 5.41) is 13.9. The predicted octanol–water partition coefficient (Wildman–Crippen LogP) is 1.98. The molecule has 0 spiro atoms. The molecule has 0 saturated carbocycles. The molecule has 6 nitrogen and oxygen atoms in total. The van der Waals surface area contributed by atoms with E-state index in [9.17, 15) is 4.79 Å². The molecule has 1 aliphatic rings. The minimum absolute atomic E-state index is 0.188. The molecule has 1 unspecified atom stereocenters. The largest absolute Gasteiger partial charge is 0.476 e. The van der Waals surface area contributed by atoms with Gasteiger partial charge in [0, 0.05) is 5.38 Å². The number of nitrogens with zero attached hydrogens (tertiary/aromatic N) is 1. The number of thiazole rings is 1. The summed E-state index contributed by atoms with van der Waals surface area (Å²) in [5.74, 6) is -1.10. The van der Waals surface area contributed by atoms with E-state index in [0.717, 1.165) is 5.69 Å². The van der Waals surface area contributed by atoms with Gasteiger partial charge in [-0.2, -0.15) is 0 Å². The van der Waals surface area contributed by atoms with Crippen molar-refractivity contribution < 1.29 is 19.1 Å². The molecule has 1 aliphatic heterocycles. The fraction of sp³-hybridized carbons (Fsp3) is 0.200. The van der Waals surface area contributed by atoms with Crippen LogP contribution in [0.4, 0.5) is 5.69 Å². The third kappa shape index (κ3) is 1.64. The molecule has 7 heteroatoms. The van der Waals surface area contributed by atoms with Crippen LogP contribution in [-0.2, 0) is 0 Å². The number of carbonyl (C=O) groups is 1. The van der Waals surface area contributed by atoms with Crippen molar-refractivity contribution >= 4 is 23.0 Å². The molecule has 0 amide bonds. The first-order valence-corrected chi connectivity index (χ1v) is 5.83. The van der Waals surface area contributed by atoms with Crippen molar-refractivity contribution in [2.75, 3.05) is 11.9 Å². The van der Waals surface area contributed by atoms with Gasteiger partial charge in [-0.3, -0.25) is 0 Å². The lowest BCUT2D eigenvalue weighted by Gasteiger charge is -2.23. The molecule has 0 aromatic carbocycles. The zero-order valence-electron chi connectivity index (χ0n) is 8.54. The van der Waals surface area contributed by atoms with E-state index in [1.54, 1.807) is 5.51 Å². The second-order valence-corrected chi connectivity index (χ2v) is 4.23. The molecule has 3 heterocycles. The number of carboxylic acids is 1. The van der Waals surface area contributed by atoms with E-state index in [4.69, 9.17) is 14.3 Å². The summed E-state index contributed by atoms with van der Waals surface area (Å²) in [7, 11) is 0. The van der Waals surface area contributed by atoms with Gasteiger partial charge < -0.3 is 19.6 Å². The van der Waals surface area contributed by atoms with E-state index >= 15 is 0 Å². The first kappa shape index (κ1) is 10.2. The number of fused-ring (bicyclic) bond motifs is 1. The molecule has 2 aromatic rings. The number of furan rings is 1. The number of nitrogens with one attached hydrogen (secondary N) is 1. The highest BCUT2D eigenvalue weighted by molar-refractivity contribution is 7.07. The summed E-state index contributed by atoms with van der Waals surface area (Å²) >= 11 is 1.47. The highest BCUT2D eigenvalue weighted by atomic mass is 32.1. The van der Waals surface area contributed by atoms with Gasteiger partial charge in [-0.1, -0.05) is 0 Å². The lowest BCUT2D eigenvalue weighted by atomic mass is 10.2. The third-order valence-electron chi connectivity index (χ3n) is 2.46. The number of hydrogen-bond donors (Lipinski definition) is 2. The summed E-state index contributed by atoms with van der Waals surface area (Å²) in [5.41, 5.74) is 3.06. The highest BCUT2D eigenvalue weighted by Gasteiger charge is 2.29. The van der Waals surface area contributed by atoms with Crippen LogP contribution in [0.15, 0.2) is 21.6 Å². The second-order valence-electron chi connectivity index (χ2n) is 3.51. The smallest absolute Gasteiger partial charge is 0.375 e. The number of rotatable bonds is 2. The molecule has 1 atom stereocenters. The van der Waals surface area contributed by atoms with Crippen LogP contribution in [0, 0.1) is 0 Å². The van der Waals surface area contributed by atoms with Crippen molar-refractivity contribution in [2.24, 2.45) is 0 Å². The van der Waals surface area contributed by atoms with E-state index < -0.39 is 5.97 Å². The number of carboxylic acid groups (broad SMARTS) is 1. The average molecular weight is 252 g/mol. The Labute approximate surface area is 99.9 Å². The first-order chi connectivity index (χ1) is 8.25. The Morgan fingerprint density at radius 2 is 2.53 bits per heavy atom. The van der Waals surface area contributed by atoms with Crippen molar-refractivity contribution in [3.05, 3.63) is 28.6 Å². The van der Waals surface area contributed by atoms with Crippen LogP contribution in [0.25, 0.3) is 0 Å². The van der Waals surface area contributed by atoms with Crippen LogP contribution < -0.4 is 10.1 Å². The van der Waals surface area contributed by atoms with Crippen LogP contribution in [0.1, 0.15) is 22.4 Å². The minimum Gasteiger partial charge on any atom is -0.476 e. The molecular weight excluding hydrogens is 244 g/mol. The molecule has 2 N–H and O–H groups in total. The molecule has 0 aliphatic carbocycles. The van der Waals surface area contributed by atoms with Gasteiger partial charge in [0.25, 0.3) is 5.76 Å². The van der Waals surface area contributed by atoms with Gasteiger partial charge in [-0.05, 0) is 0 Å². The summed E-state index contributed by atoms with van der Waals surface area (Å²) in [6.45, 7) is 0.537. The van der Waals surface area contributed by atoms with Crippen molar-refractivity contribution in [3.8, 4) is 5.75 Å². The quantitative estimate of drug-likeness (QED) is 0.850. The fourth-order valence-corrected chi connectivity index (χ4v) is 2.26. The SMILES string of the molecule is O=C(O)c1occ2c1OC(c1cscn1)CN2. The zero-order valence-corrected chi connectivity index (χ0v) is 9.36. The lowest BCUT2D eigenvalue weighted by Crippen LogP contribution is -2.23. The van der Waals surface area contributed by atoms with Crippen molar-refractivity contribution in [1.29, 1.82) is 0 Å². The van der Waals surface area contributed by atoms with Crippen LogP contribution in [0.3, 0.4) is 0 Å². The zero-order chi connectivity index (χ0) is 11.8. The molecule has 2 aromatic heterocycles. The van der Waals surface area contributed by atoms with Gasteiger partial charge in [0.05, 0.1) is 17.7 Å².